The molecule has 2 aromatic rings. The molecule has 0 aliphatic heterocycles. The van der Waals surface area contributed by atoms with E-state index in [1.807, 2.05) is 30.3 Å². The fourth-order valence-corrected chi connectivity index (χ4v) is 2.37. The normalized spacial score (nSPS) is 13.5. The minimum atomic E-state index is -0.913. The summed E-state index contributed by atoms with van der Waals surface area (Å²) in [6.45, 7) is 1.50. The summed E-state index contributed by atoms with van der Waals surface area (Å²) in [5.41, 5.74) is 6.22. The molecule has 0 aliphatic rings. The Labute approximate surface area is 128 Å². The van der Waals surface area contributed by atoms with Gasteiger partial charge in [0, 0.05) is 5.69 Å². The smallest absolute Gasteiger partial charge is 0.255 e. The zero-order chi connectivity index (χ0) is 15.5. The van der Waals surface area contributed by atoms with Gasteiger partial charge in [-0.1, -0.05) is 48.0 Å². The van der Waals surface area contributed by atoms with E-state index in [0.717, 1.165) is 5.56 Å². The van der Waals surface area contributed by atoms with Gasteiger partial charge in [0.2, 0.25) is 0 Å². The maximum absolute atomic E-state index is 12.4. The molecular weight excluding hydrogens is 288 g/mol. The first kappa shape index (κ1) is 15.4. The molecule has 5 heteroatoms. The second-order valence-corrected chi connectivity index (χ2v) is 5.42. The highest BCUT2D eigenvalue weighted by molar-refractivity contribution is 6.34. The third kappa shape index (κ3) is 3.17. The lowest BCUT2D eigenvalue weighted by Gasteiger charge is -2.29. The number of nitrogens with one attached hydrogen (secondary N) is 1. The average Bonchev–Trinajstić information content (AvgIpc) is 2.48. The quantitative estimate of drug-likeness (QED) is 0.760. The van der Waals surface area contributed by atoms with Gasteiger partial charge in [0.15, 0.2) is 0 Å². The van der Waals surface area contributed by atoms with Gasteiger partial charge in [-0.2, -0.15) is 0 Å². The molecule has 0 aromatic heterocycles. The molecule has 0 heterocycles. The van der Waals surface area contributed by atoms with E-state index in [1.165, 1.54) is 0 Å². The second-order valence-electron chi connectivity index (χ2n) is 5.01. The zero-order valence-electron chi connectivity index (χ0n) is 11.6. The van der Waals surface area contributed by atoms with Gasteiger partial charge in [0.05, 0.1) is 22.7 Å². The first-order valence-corrected chi connectivity index (χ1v) is 6.88. The third-order valence-corrected chi connectivity index (χ3v) is 3.70. The van der Waals surface area contributed by atoms with Gasteiger partial charge in [0.25, 0.3) is 5.91 Å². The Kier molecular flexibility index (Phi) is 4.50. The van der Waals surface area contributed by atoms with E-state index in [0.29, 0.717) is 5.69 Å². The highest BCUT2D eigenvalue weighted by Crippen LogP contribution is 2.25. The Hall–Kier alpha value is -2.04. The summed E-state index contributed by atoms with van der Waals surface area (Å²) < 4.78 is 0. The van der Waals surface area contributed by atoms with Crippen LogP contribution in [0, 0.1) is 0 Å². The maximum atomic E-state index is 12.4. The summed E-state index contributed by atoms with van der Waals surface area (Å²) in [6, 6.07) is 14.1. The number of hydrogen-bond donors (Lipinski definition) is 3. The van der Waals surface area contributed by atoms with Gasteiger partial charge in [-0.05, 0) is 24.6 Å². The molecule has 4 N–H and O–H groups in total. The van der Waals surface area contributed by atoms with Gasteiger partial charge in [0.1, 0.15) is 0 Å². The van der Waals surface area contributed by atoms with Crippen LogP contribution in [0.1, 0.15) is 22.8 Å². The molecule has 0 saturated heterocycles. The number of nitrogens with two attached hydrogens (primary N) is 1. The molecule has 0 bridgehead atoms. The van der Waals surface area contributed by atoms with Crippen LogP contribution < -0.4 is 11.1 Å². The van der Waals surface area contributed by atoms with Gasteiger partial charge in [-0.15, -0.1) is 0 Å². The molecule has 1 atom stereocenters. The molecule has 0 saturated carbocycles. The van der Waals surface area contributed by atoms with Gasteiger partial charge >= 0.3 is 0 Å². The van der Waals surface area contributed by atoms with Crippen molar-refractivity contribution in [2.45, 2.75) is 12.5 Å². The fraction of sp³-hybridized carbons (Fsp3) is 0.188. The van der Waals surface area contributed by atoms with Crippen molar-refractivity contribution in [3.8, 4) is 0 Å². The minimum Gasteiger partial charge on any atom is -0.398 e. The number of rotatable bonds is 4. The molecule has 1 unspecified atom stereocenters. The lowest BCUT2D eigenvalue weighted by Crippen LogP contribution is -2.46. The largest absolute Gasteiger partial charge is 0.398 e. The zero-order valence-corrected chi connectivity index (χ0v) is 12.4. The molecule has 0 spiro atoms. The maximum Gasteiger partial charge on any atom is 0.255 e. The van der Waals surface area contributed by atoms with E-state index < -0.39 is 11.4 Å². The van der Waals surface area contributed by atoms with Crippen molar-refractivity contribution < 1.29 is 9.90 Å². The number of carbonyl (C=O) groups excluding carboxylic acids is 1. The van der Waals surface area contributed by atoms with Crippen LogP contribution in [0.25, 0.3) is 0 Å². The highest BCUT2D eigenvalue weighted by Gasteiger charge is 2.29. The Morgan fingerprint density at radius 2 is 1.90 bits per heavy atom. The predicted molar refractivity (Wildman–Crippen MR) is 84.2 cm³/mol. The van der Waals surface area contributed by atoms with E-state index in [2.05, 4.69) is 5.32 Å². The molecule has 4 nitrogen and oxygen atoms in total. The van der Waals surface area contributed by atoms with E-state index in [4.69, 9.17) is 17.3 Å². The Bertz CT molecular complexity index is 626. The van der Waals surface area contributed by atoms with Gasteiger partial charge in [-0.3, -0.25) is 4.79 Å². The second kappa shape index (κ2) is 6.16. The summed E-state index contributed by atoms with van der Waals surface area (Å²) in [4.78, 5) is 12.4. The molecule has 1 amide bonds. The standard InChI is InChI=1S/C16H17ClN2O2/c1-16(10-20,11-6-3-2-4-7-11)19-15(21)14-12(17)8-5-9-13(14)18/h2-9,20H,10,18H2,1H3,(H,19,21). The molecule has 0 fully saturated rings. The Morgan fingerprint density at radius 3 is 2.48 bits per heavy atom. The lowest BCUT2D eigenvalue weighted by molar-refractivity contribution is 0.0850. The van der Waals surface area contributed by atoms with Crippen molar-refractivity contribution in [1.29, 1.82) is 0 Å². The summed E-state index contributed by atoms with van der Waals surface area (Å²) in [6.07, 6.45) is 0. The molecule has 2 aromatic carbocycles. The van der Waals surface area contributed by atoms with Crippen molar-refractivity contribution in [3.05, 3.63) is 64.7 Å². The Morgan fingerprint density at radius 1 is 1.24 bits per heavy atom. The monoisotopic (exact) mass is 304 g/mol. The number of hydrogen-bond acceptors (Lipinski definition) is 3. The van der Waals surface area contributed by atoms with Gasteiger partial charge < -0.3 is 16.2 Å². The first-order valence-electron chi connectivity index (χ1n) is 6.51. The number of halogens is 1. The van der Waals surface area contributed by atoms with E-state index >= 15 is 0 Å². The summed E-state index contributed by atoms with van der Waals surface area (Å²) >= 11 is 6.04. The number of aliphatic hydroxyl groups is 1. The van der Waals surface area contributed by atoms with Gasteiger partial charge in [-0.25, -0.2) is 0 Å². The summed E-state index contributed by atoms with van der Waals surface area (Å²) in [7, 11) is 0. The van der Waals surface area contributed by atoms with Crippen LogP contribution in [0.4, 0.5) is 5.69 Å². The third-order valence-electron chi connectivity index (χ3n) is 3.39. The van der Waals surface area contributed by atoms with Crippen LogP contribution in [0.5, 0.6) is 0 Å². The number of amides is 1. The van der Waals surface area contributed by atoms with Crippen molar-refractivity contribution in [1.82, 2.24) is 5.32 Å². The minimum absolute atomic E-state index is 0.217. The van der Waals surface area contributed by atoms with Crippen molar-refractivity contribution in [2.24, 2.45) is 0 Å². The molecule has 2 rings (SSSR count). The first-order chi connectivity index (χ1) is 9.98. The SMILES string of the molecule is CC(CO)(NC(=O)c1c(N)cccc1Cl)c1ccccc1. The van der Waals surface area contributed by atoms with Crippen LogP contribution in [0.15, 0.2) is 48.5 Å². The average molecular weight is 305 g/mol. The Balaban J connectivity index is 2.33. The topological polar surface area (TPSA) is 75.3 Å². The van der Waals surface area contributed by atoms with Crippen LogP contribution in [0.3, 0.4) is 0 Å². The van der Waals surface area contributed by atoms with Crippen LogP contribution >= 0.6 is 11.6 Å². The number of carbonyl (C=O) groups is 1. The molecule has 21 heavy (non-hydrogen) atoms. The van der Waals surface area contributed by atoms with E-state index in [-0.39, 0.29) is 17.2 Å². The van der Waals surface area contributed by atoms with E-state index in [9.17, 15) is 9.90 Å². The van der Waals surface area contributed by atoms with Crippen molar-refractivity contribution >= 4 is 23.2 Å². The lowest BCUT2D eigenvalue weighted by atomic mass is 9.92. The predicted octanol–water partition coefficient (Wildman–Crippen LogP) is 2.56. The molecular formula is C16H17ClN2O2. The highest BCUT2D eigenvalue weighted by atomic mass is 35.5. The van der Waals surface area contributed by atoms with Crippen molar-refractivity contribution in [2.75, 3.05) is 12.3 Å². The molecule has 110 valence electrons. The molecule has 0 aliphatic carbocycles. The van der Waals surface area contributed by atoms with Crippen molar-refractivity contribution in [3.63, 3.8) is 0 Å². The number of benzene rings is 2. The summed E-state index contributed by atoms with van der Waals surface area (Å²) in [5.74, 6) is -0.418. The summed E-state index contributed by atoms with van der Waals surface area (Å²) in [5, 5.41) is 12.8. The molecule has 0 radical (unpaired) electrons. The van der Waals surface area contributed by atoms with Crippen LogP contribution in [0.2, 0.25) is 5.02 Å². The van der Waals surface area contributed by atoms with Crippen LogP contribution in [-0.2, 0) is 5.54 Å². The fourth-order valence-electron chi connectivity index (χ4n) is 2.10. The van der Waals surface area contributed by atoms with E-state index in [1.54, 1.807) is 25.1 Å². The number of anilines is 1. The number of aliphatic hydroxyl groups excluding tert-OH is 1. The van der Waals surface area contributed by atoms with Crippen LogP contribution in [-0.4, -0.2) is 17.6 Å². The number of nitrogen functional groups attached to an aromatic ring is 1.